The Morgan fingerprint density at radius 2 is 2.08 bits per heavy atom. The van der Waals surface area contributed by atoms with Gasteiger partial charge in [-0.1, -0.05) is 23.4 Å². The smallest absolute Gasteiger partial charge is 0.122 e. The Kier molecular flexibility index (Phi) is 5.48. The van der Waals surface area contributed by atoms with Gasteiger partial charge >= 0.3 is 0 Å². The largest absolute Gasteiger partial charge is 0.496 e. The van der Waals surface area contributed by atoms with E-state index < -0.39 is 0 Å². The lowest BCUT2D eigenvalue weighted by molar-refractivity contribution is 0.238. The summed E-state index contributed by atoms with van der Waals surface area (Å²) in [6.45, 7) is 3.19. The molecular formula is C18H27N5O. The van der Waals surface area contributed by atoms with Crippen LogP contribution in [0.25, 0.3) is 0 Å². The average molecular weight is 329 g/mol. The van der Waals surface area contributed by atoms with Gasteiger partial charge in [0.25, 0.3) is 0 Å². The van der Waals surface area contributed by atoms with E-state index in [1.54, 1.807) is 13.3 Å². The second kappa shape index (κ2) is 7.77. The van der Waals surface area contributed by atoms with Gasteiger partial charge in [-0.3, -0.25) is 4.90 Å². The number of nitrogens with zero attached hydrogens (tertiary/aromatic N) is 5. The number of hydrogen-bond acceptors (Lipinski definition) is 5. The van der Waals surface area contributed by atoms with E-state index in [4.69, 9.17) is 4.74 Å². The molecule has 6 nitrogen and oxygen atoms in total. The molecule has 0 unspecified atom stereocenters. The molecule has 0 amide bonds. The van der Waals surface area contributed by atoms with Crippen molar-refractivity contribution in [3.8, 4) is 5.75 Å². The number of methoxy groups -OCH3 is 1. The number of rotatable bonds is 7. The summed E-state index contributed by atoms with van der Waals surface area (Å²) in [6, 6.07) is 9.13. The van der Waals surface area contributed by atoms with Crippen molar-refractivity contribution in [3.05, 3.63) is 42.2 Å². The second-order valence-electron chi connectivity index (χ2n) is 6.66. The van der Waals surface area contributed by atoms with Gasteiger partial charge in [-0.05, 0) is 45.1 Å². The van der Waals surface area contributed by atoms with Gasteiger partial charge in [0.05, 0.1) is 19.3 Å². The molecule has 0 saturated carbocycles. The van der Waals surface area contributed by atoms with Gasteiger partial charge < -0.3 is 9.64 Å². The van der Waals surface area contributed by atoms with Gasteiger partial charge in [0.15, 0.2) is 0 Å². The first kappa shape index (κ1) is 16.9. The predicted octanol–water partition coefficient (Wildman–Crippen LogP) is 1.71. The molecule has 0 bridgehead atoms. The number of likely N-dealkylation sites (N-methyl/N-ethyl adjacent to an activating group) is 1. The Bertz CT molecular complexity index is 628. The first-order valence-corrected chi connectivity index (χ1v) is 8.55. The van der Waals surface area contributed by atoms with E-state index in [1.807, 2.05) is 23.0 Å². The number of hydrogen-bond donors (Lipinski definition) is 0. The molecule has 0 spiro atoms. The Labute approximate surface area is 144 Å². The number of likely N-dealkylation sites (tertiary alicyclic amines) is 1. The van der Waals surface area contributed by atoms with E-state index >= 15 is 0 Å². The third-order valence-corrected chi connectivity index (χ3v) is 4.89. The molecule has 1 aliphatic heterocycles. The normalized spacial score (nSPS) is 21.5. The van der Waals surface area contributed by atoms with Crippen LogP contribution >= 0.6 is 0 Å². The van der Waals surface area contributed by atoms with Crippen LogP contribution in [0.15, 0.2) is 36.7 Å². The van der Waals surface area contributed by atoms with E-state index in [9.17, 15) is 0 Å². The summed E-state index contributed by atoms with van der Waals surface area (Å²) in [7, 11) is 6.03. The minimum Gasteiger partial charge on any atom is -0.496 e. The highest BCUT2D eigenvalue weighted by Gasteiger charge is 2.35. The zero-order chi connectivity index (χ0) is 16.9. The lowest BCUT2D eigenvalue weighted by atomic mass is 10.1. The maximum atomic E-state index is 5.44. The lowest BCUT2D eigenvalue weighted by Gasteiger charge is -2.24. The molecule has 2 aromatic rings. The van der Waals surface area contributed by atoms with Crippen molar-refractivity contribution in [2.75, 3.05) is 40.8 Å². The molecule has 0 radical (unpaired) electrons. The van der Waals surface area contributed by atoms with Crippen molar-refractivity contribution >= 4 is 0 Å². The molecule has 6 heteroatoms. The van der Waals surface area contributed by atoms with Crippen LogP contribution in [0.1, 0.15) is 18.0 Å². The minimum absolute atomic E-state index is 0.369. The van der Waals surface area contributed by atoms with Crippen LogP contribution in [0, 0.1) is 0 Å². The Morgan fingerprint density at radius 1 is 1.25 bits per heavy atom. The number of benzene rings is 1. The Balaban J connectivity index is 1.56. The predicted molar refractivity (Wildman–Crippen MR) is 94.3 cm³/mol. The summed E-state index contributed by atoms with van der Waals surface area (Å²) in [4.78, 5) is 4.83. The van der Waals surface area contributed by atoms with E-state index in [-0.39, 0.29) is 0 Å². The van der Waals surface area contributed by atoms with Crippen LogP contribution in [0.4, 0.5) is 0 Å². The van der Waals surface area contributed by atoms with Gasteiger partial charge in [0, 0.05) is 25.3 Å². The van der Waals surface area contributed by atoms with E-state index in [1.165, 1.54) is 5.56 Å². The van der Waals surface area contributed by atoms with E-state index in [2.05, 4.69) is 46.3 Å². The summed E-state index contributed by atoms with van der Waals surface area (Å²) >= 11 is 0. The Morgan fingerprint density at radius 3 is 2.79 bits per heavy atom. The molecule has 3 rings (SSSR count). The van der Waals surface area contributed by atoms with Crippen molar-refractivity contribution in [1.82, 2.24) is 24.8 Å². The first-order valence-electron chi connectivity index (χ1n) is 8.55. The molecule has 2 heterocycles. The molecule has 1 aliphatic rings. The van der Waals surface area contributed by atoms with Gasteiger partial charge in [0.1, 0.15) is 5.75 Å². The zero-order valence-corrected chi connectivity index (χ0v) is 14.8. The van der Waals surface area contributed by atoms with E-state index in [0.29, 0.717) is 12.1 Å². The van der Waals surface area contributed by atoms with Gasteiger partial charge in [-0.2, -0.15) is 0 Å². The molecule has 1 fully saturated rings. The van der Waals surface area contributed by atoms with Crippen molar-refractivity contribution in [2.24, 2.45) is 0 Å². The minimum atomic E-state index is 0.369. The average Bonchev–Trinajstić information content (AvgIpc) is 3.24. The molecule has 2 atom stereocenters. The van der Waals surface area contributed by atoms with Crippen molar-refractivity contribution in [3.63, 3.8) is 0 Å². The fraction of sp³-hybridized carbons (Fsp3) is 0.556. The maximum Gasteiger partial charge on any atom is 0.122 e. The van der Waals surface area contributed by atoms with Crippen molar-refractivity contribution in [2.45, 2.75) is 24.9 Å². The summed E-state index contributed by atoms with van der Waals surface area (Å²) in [6.07, 6.45) is 5.91. The lowest BCUT2D eigenvalue weighted by Crippen LogP contribution is -2.36. The highest BCUT2D eigenvalue weighted by molar-refractivity contribution is 5.33. The highest BCUT2D eigenvalue weighted by atomic mass is 16.5. The molecule has 1 saturated heterocycles. The fourth-order valence-corrected chi connectivity index (χ4v) is 3.59. The van der Waals surface area contributed by atoms with E-state index in [0.717, 1.165) is 38.2 Å². The molecule has 1 aromatic heterocycles. The van der Waals surface area contributed by atoms with Gasteiger partial charge in [-0.25, -0.2) is 4.68 Å². The van der Waals surface area contributed by atoms with Crippen LogP contribution < -0.4 is 4.74 Å². The zero-order valence-electron chi connectivity index (χ0n) is 14.8. The highest BCUT2D eigenvalue weighted by Crippen LogP contribution is 2.25. The SMILES string of the molecule is COc1ccccc1CCCN1C[C@@H](N(C)C)[C@@H](n2ccnn2)C1. The molecule has 0 aliphatic carbocycles. The number of aryl methyl sites for hydroxylation is 1. The molecule has 130 valence electrons. The first-order chi connectivity index (χ1) is 11.7. The standard InChI is InChI=1S/C18H27N5O/c1-21(2)16-13-22(14-17(16)23-12-10-19-20-23)11-6-8-15-7-4-5-9-18(15)24-3/h4-5,7,9-10,12,16-17H,6,8,11,13-14H2,1-3H3/t16-,17+/m1/s1. The van der Waals surface area contributed by atoms with Crippen molar-refractivity contribution < 1.29 is 4.74 Å². The van der Waals surface area contributed by atoms with Crippen LogP contribution in [0.5, 0.6) is 5.75 Å². The van der Waals surface area contributed by atoms with Crippen LogP contribution in [0.3, 0.4) is 0 Å². The van der Waals surface area contributed by atoms with Gasteiger partial charge in [-0.15, -0.1) is 5.10 Å². The third-order valence-electron chi connectivity index (χ3n) is 4.89. The Hall–Kier alpha value is -1.92. The molecule has 1 aromatic carbocycles. The topological polar surface area (TPSA) is 46.4 Å². The molecule has 24 heavy (non-hydrogen) atoms. The number of aromatic nitrogens is 3. The van der Waals surface area contributed by atoms with Gasteiger partial charge in [0.2, 0.25) is 0 Å². The van der Waals surface area contributed by atoms with Crippen LogP contribution in [-0.4, -0.2) is 71.7 Å². The summed E-state index contributed by atoms with van der Waals surface area (Å²) in [5, 5.41) is 8.18. The summed E-state index contributed by atoms with van der Waals surface area (Å²) < 4.78 is 7.45. The van der Waals surface area contributed by atoms with Crippen LogP contribution in [0.2, 0.25) is 0 Å². The van der Waals surface area contributed by atoms with Crippen molar-refractivity contribution in [1.29, 1.82) is 0 Å². The third kappa shape index (κ3) is 3.76. The summed E-state index contributed by atoms with van der Waals surface area (Å²) in [5.74, 6) is 0.991. The second-order valence-corrected chi connectivity index (χ2v) is 6.66. The molecular weight excluding hydrogens is 302 g/mol. The maximum absolute atomic E-state index is 5.44. The fourth-order valence-electron chi connectivity index (χ4n) is 3.59. The van der Waals surface area contributed by atoms with Crippen LogP contribution in [-0.2, 0) is 6.42 Å². The monoisotopic (exact) mass is 329 g/mol. The number of para-hydroxylation sites is 1. The quantitative estimate of drug-likeness (QED) is 0.774. The summed E-state index contributed by atoms with van der Waals surface area (Å²) in [5.41, 5.74) is 1.29. The number of ether oxygens (including phenoxy) is 1. The molecule has 0 N–H and O–H groups in total.